The van der Waals surface area contributed by atoms with E-state index < -0.39 is 0 Å². The molecule has 2 heterocycles. The third-order valence-corrected chi connectivity index (χ3v) is 11.7. The first kappa shape index (κ1) is 32.4. The summed E-state index contributed by atoms with van der Waals surface area (Å²) in [5.41, 5.74) is 6.95. The molecule has 0 atom stereocenters. The van der Waals surface area contributed by atoms with Gasteiger partial charge in [0, 0.05) is 34.6 Å². The second-order valence-electron chi connectivity index (χ2n) is 15.0. The van der Waals surface area contributed by atoms with Crippen LogP contribution in [0, 0.1) is 0 Å². The van der Waals surface area contributed by atoms with Gasteiger partial charge in [0.05, 0.1) is 0 Å². The van der Waals surface area contributed by atoms with Gasteiger partial charge in [-0.1, -0.05) is 164 Å². The van der Waals surface area contributed by atoms with Crippen molar-refractivity contribution in [2.24, 2.45) is 0 Å². The lowest BCUT2D eigenvalue weighted by molar-refractivity contribution is 1.07. The van der Waals surface area contributed by atoms with Crippen molar-refractivity contribution >= 4 is 64.6 Å². The van der Waals surface area contributed by atoms with Crippen LogP contribution in [0.1, 0.15) is 0 Å². The van der Waals surface area contributed by atoms with Crippen molar-refractivity contribution in [1.82, 2.24) is 19.9 Å². The molecule has 0 unspecified atom stereocenters. The van der Waals surface area contributed by atoms with E-state index in [1.54, 1.807) is 6.20 Å². The van der Waals surface area contributed by atoms with E-state index in [2.05, 4.69) is 151 Å². The highest BCUT2D eigenvalue weighted by Gasteiger charge is 2.20. The van der Waals surface area contributed by atoms with Crippen LogP contribution in [0.4, 0.5) is 0 Å². The summed E-state index contributed by atoms with van der Waals surface area (Å²) in [6.45, 7) is 0. The Balaban J connectivity index is 1.16. The molecule has 2 aromatic heterocycles. The number of hydrogen-bond acceptors (Lipinski definition) is 4. The van der Waals surface area contributed by atoms with Crippen molar-refractivity contribution in [1.29, 1.82) is 0 Å². The lowest BCUT2D eigenvalue weighted by atomic mass is 9.86. The van der Waals surface area contributed by atoms with Gasteiger partial charge >= 0.3 is 0 Å². The molecule has 0 aliphatic heterocycles. The molecule has 0 N–H and O–H groups in total. The molecule has 0 fully saturated rings. The van der Waals surface area contributed by atoms with Crippen LogP contribution in [-0.2, 0) is 0 Å². The van der Waals surface area contributed by atoms with Gasteiger partial charge in [-0.2, -0.15) is 0 Å². The average Bonchev–Trinajstić information content (AvgIpc) is 3.30. The number of pyridine rings is 1. The number of hydrogen-bond donors (Lipinski definition) is 0. The largest absolute Gasteiger partial charge is 0.264 e. The maximum Gasteiger partial charge on any atom is 0.164 e. The first-order chi connectivity index (χ1) is 28.8. The van der Waals surface area contributed by atoms with Crippen LogP contribution in [0.5, 0.6) is 0 Å². The van der Waals surface area contributed by atoms with Gasteiger partial charge in [0.1, 0.15) is 0 Å². The second-order valence-corrected chi connectivity index (χ2v) is 15.0. The predicted molar refractivity (Wildman–Crippen MR) is 241 cm³/mol. The van der Waals surface area contributed by atoms with Crippen molar-refractivity contribution in [3.63, 3.8) is 0 Å². The molecule has 10 aromatic carbocycles. The Morgan fingerprint density at radius 1 is 0.276 bits per heavy atom. The maximum absolute atomic E-state index is 5.29. The van der Waals surface area contributed by atoms with E-state index in [4.69, 9.17) is 15.0 Å². The third kappa shape index (κ3) is 5.02. The molecule has 0 saturated carbocycles. The first-order valence-corrected chi connectivity index (χ1v) is 19.6. The van der Waals surface area contributed by atoms with Gasteiger partial charge in [-0.05, 0) is 99.5 Å². The van der Waals surface area contributed by atoms with Crippen molar-refractivity contribution in [2.75, 3.05) is 0 Å². The Bertz CT molecular complexity index is 3550. The molecule has 0 spiro atoms. The van der Waals surface area contributed by atoms with Gasteiger partial charge in [-0.3, -0.25) is 4.98 Å². The molecule has 0 bridgehead atoms. The minimum absolute atomic E-state index is 0.608. The molecule has 0 saturated heterocycles. The van der Waals surface area contributed by atoms with Crippen LogP contribution in [-0.4, -0.2) is 19.9 Å². The van der Waals surface area contributed by atoms with Crippen LogP contribution in [0.3, 0.4) is 0 Å². The number of nitrogens with zero attached hydrogens (tertiary/aromatic N) is 4. The minimum Gasteiger partial charge on any atom is -0.264 e. The Labute approximate surface area is 334 Å². The summed E-state index contributed by atoms with van der Waals surface area (Å²) < 4.78 is 0. The van der Waals surface area contributed by atoms with Gasteiger partial charge in [0.15, 0.2) is 17.5 Å². The zero-order valence-electron chi connectivity index (χ0n) is 31.3. The summed E-state index contributed by atoms with van der Waals surface area (Å²) in [6, 6.07) is 65.1. The van der Waals surface area contributed by atoms with Crippen LogP contribution < -0.4 is 0 Å². The fourth-order valence-electron chi connectivity index (χ4n) is 9.15. The van der Waals surface area contributed by atoms with E-state index in [0.29, 0.717) is 17.5 Å². The van der Waals surface area contributed by atoms with Gasteiger partial charge in [-0.25, -0.2) is 15.0 Å². The van der Waals surface area contributed by atoms with E-state index in [-0.39, 0.29) is 0 Å². The van der Waals surface area contributed by atoms with E-state index in [1.165, 1.54) is 64.6 Å². The molecule has 268 valence electrons. The number of rotatable bonds is 5. The van der Waals surface area contributed by atoms with Crippen molar-refractivity contribution in [2.45, 2.75) is 0 Å². The average molecular weight is 737 g/mol. The Hall–Kier alpha value is -7.82. The first-order valence-electron chi connectivity index (χ1n) is 19.6. The van der Waals surface area contributed by atoms with Crippen LogP contribution in [0.2, 0.25) is 0 Å². The molecule has 0 aliphatic carbocycles. The molecule has 12 rings (SSSR count). The number of fused-ring (bicyclic) bond motifs is 2. The van der Waals surface area contributed by atoms with Crippen molar-refractivity contribution < 1.29 is 0 Å². The monoisotopic (exact) mass is 736 g/mol. The van der Waals surface area contributed by atoms with Gasteiger partial charge in [0.2, 0.25) is 0 Å². The highest BCUT2D eigenvalue weighted by molar-refractivity contribution is 6.37. The SMILES string of the molecule is c1ccc(-c2nc(-c3ccccc3-c3cccnc3)nc(-c3ccccc3-c3cc4ccc5cccc6c7cccc8ccc9cccc(c(c3)c4c56)c9c87)n2)cc1. The van der Waals surface area contributed by atoms with Gasteiger partial charge in [0.25, 0.3) is 0 Å². The van der Waals surface area contributed by atoms with Gasteiger partial charge < -0.3 is 0 Å². The highest BCUT2D eigenvalue weighted by Crippen LogP contribution is 2.45. The summed E-state index contributed by atoms with van der Waals surface area (Å²) >= 11 is 0. The summed E-state index contributed by atoms with van der Waals surface area (Å²) in [5.74, 6) is 1.84. The number of aromatic nitrogens is 4. The normalized spacial score (nSPS) is 11.8. The molecular formula is C54H32N4. The quantitative estimate of drug-likeness (QED) is 0.165. The highest BCUT2D eigenvalue weighted by atomic mass is 15.0. The predicted octanol–water partition coefficient (Wildman–Crippen LogP) is 14.0. The van der Waals surface area contributed by atoms with Crippen LogP contribution in [0.15, 0.2) is 194 Å². The van der Waals surface area contributed by atoms with Crippen LogP contribution >= 0.6 is 0 Å². The van der Waals surface area contributed by atoms with Gasteiger partial charge in [-0.15, -0.1) is 0 Å². The lowest BCUT2D eigenvalue weighted by Crippen LogP contribution is -2.02. The van der Waals surface area contributed by atoms with E-state index in [0.717, 1.165) is 38.9 Å². The molecule has 58 heavy (non-hydrogen) atoms. The fraction of sp³-hybridized carbons (Fsp3) is 0. The van der Waals surface area contributed by atoms with Crippen LogP contribution in [0.25, 0.3) is 121 Å². The third-order valence-electron chi connectivity index (χ3n) is 11.7. The van der Waals surface area contributed by atoms with E-state index in [1.807, 2.05) is 42.6 Å². The molecule has 4 nitrogen and oxygen atoms in total. The Kier molecular flexibility index (Phi) is 7.20. The summed E-state index contributed by atoms with van der Waals surface area (Å²) in [4.78, 5) is 20.1. The molecule has 0 amide bonds. The fourth-order valence-corrected chi connectivity index (χ4v) is 9.15. The molecule has 4 heteroatoms. The van der Waals surface area contributed by atoms with E-state index in [9.17, 15) is 0 Å². The molecule has 0 radical (unpaired) electrons. The Morgan fingerprint density at radius 3 is 1.31 bits per heavy atom. The molecule has 0 aliphatic rings. The smallest absolute Gasteiger partial charge is 0.164 e. The molecule has 12 aromatic rings. The summed E-state index contributed by atoms with van der Waals surface area (Å²) in [7, 11) is 0. The standard InChI is InChI=1S/C54H32N4/c1-2-12-36(13-3-1)52-56-53(45-20-6-4-18-40(45)38-17-11-29-55-32-38)58-54(57-52)46-21-7-5-19-41(46)39-30-37-28-27-35-15-9-23-43-42-22-8-14-33-25-26-34-16-10-24-44(50(34)48(33)42)47(31-39)51(37)49(35)43/h1-32H. The Morgan fingerprint density at radius 2 is 0.741 bits per heavy atom. The zero-order valence-corrected chi connectivity index (χ0v) is 31.3. The maximum atomic E-state index is 5.29. The number of benzene rings is 9. The summed E-state index contributed by atoms with van der Waals surface area (Å²) in [5, 5.41) is 15.1. The summed E-state index contributed by atoms with van der Waals surface area (Å²) in [6.07, 6.45) is 3.68. The van der Waals surface area contributed by atoms with E-state index >= 15 is 0 Å². The van der Waals surface area contributed by atoms with Crippen molar-refractivity contribution in [3.05, 3.63) is 194 Å². The zero-order chi connectivity index (χ0) is 38.2. The topological polar surface area (TPSA) is 51.6 Å². The molecular weight excluding hydrogens is 705 g/mol. The second kappa shape index (κ2) is 12.9. The van der Waals surface area contributed by atoms with Crippen molar-refractivity contribution in [3.8, 4) is 56.4 Å². The lowest BCUT2D eigenvalue weighted by Gasteiger charge is -2.18. The minimum atomic E-state index is 0.608.